The summed E-state index contributed by atoms with van der Waals surface area (Å²) in [6.07, 6.45) is 0. The minimum absolute atomic E-state index is 0.507. The third-order valence-corrected chi connectivity index (χ3v) is 3.63. The first-order chi connectivity index (χ1) is 7.16. The summed E-state index contributed by atoms with van der Waals surface area (Å²) in [4.78, 5) is 10.0. The van der Waals surface area contributed by atoms with Gasteiger partial charge in [0.25, 0.3) is 0 Å². The molecule has 9 heteroatoms. The summed E-state index contributed by atoms with van der Waals surface area (Å²) in [6, 6.07) is 0.641. The third kappa shape index (κ3) is 2.27. The second-order valence-electron chi connectivity index (χ2n) is 2.77. The van der Waals surface area contributed by atoms with Gasteiger partial charge in [0.1, 0.15) is 10.7 Å². The van der Waals surface area contributed by atoms with Crippen molar-refractivity contribution in [2.45, 2.75) is 4.90 Å². The lowest BCUT2D eigenvalue weighted by molar-refractivity contribution is 0.1000. The van der Waals surface area contributed by atoms with Crippen LogP contribution >= 0.6 is 23.2 Å². The van der Waals surface area contributed by atoms with Crippen molar-refractivity contribution < 1.29 is 17.6 Å². The van der Waals surface area contributed by atoms with Crippen LogP contribution in [0.25, 0.3) is 0 Å². The first-order valence-electron chi connectivity index (χ1n) is 3.66. The molecule has 1 aromatic rings. The maximum absolute atomic E-state index is 13.2. The van der Waals surface area contributed by atoms with Crippen molar-refractivity contribution in [3.8, 4) is 0 Å². The Balaban J connectivity index is 3.80. The molecular formula is C7H5Cl2FN2O3S. The van der Waals surface area contributed by atoms with Crippen LogP contribution in [0.4, 0.5) is 4.39 Å². The minimum Gasteiger partial charge on any atom is -0.366 e. The zero-order chi connectivity index (χ0) is 12.7. The molecule has 0 saturated carbocycles. The molecule has 0 atom stereocenters. The summed E-state index contributed by atoms with van der Waals surface area (Å²) in [5.41, 5.74) is 4.37. The van der Waals surface area contributed by atoms with E-state index in [1.807, 2.05) is 0 Å². The standard InChI is InChI=1S/C7H5Cl2FN2O3S/c8-4-2(7(11)13)1-3(10)5(9)6(4)16(12,14)15/h1H,(H2,11,13)(H2,12,14,15). The van der Waals surface area contributed by atoms with Crippen LogP contribution < -0.4 is 10.9 Å². The van der Waals surface area contributed by atoms with Crippen LogP contribution in [0.5, 0.6) is 0 Å². The van der Waals surface area contributed by atoms with E-state index in [1.54, 1.807) is 0 Å². The van der Waals surface area contributed by atoms with Crippen molar-refractivity contribution in [2.75, 3.05) is 0 Å². The van der Waals surface area contributed by atoms with E-state index >= 15 is 0 Å². The molecule has 1 aromatic carbocycles. The second-order valence-corrected chi connectivity index (χ2v) is 5.03. The van der Waals surface area contributed by atoms with Gasteiger partial charge < -0.3 is 5.73 Å². The van der Waals surface area contributed by atoms with Gasteiger partial charge in [-0.15, -0.1) is 0 Å². The van der Waals surface area contributed by atoms with Crippen LogP contribution in [-0.2, 0) is 10.0 Å². The van der Waals surface area contributed by atoms with Crippen molar-refractivity contribution in [1.29, 1.82) is 0 Å². The summed E-state index contributed by atoms with van der Waals surface area (Å²) in [5, 5.41) is 3.40. The number of benzene rings is 1. The largest absolute Gasteiger partial charge is 0.366 e. The highest BCUT2D eigenvalue weighted by Crippen LogP contribution is 2.33. The molecule has 0 aliphatic rings. The normalized spacial score (nSPS) is 11.5. The molecule has 0 aliphatic heterocycles. The lowest BCUT2D eigenvalue weighted by atomic mass is 10.2. The highest BCUT2D eigenvalue weighted by molar-refractivity contribution is 7.89. The van der Waals surface area contributed by atoms with Gasteiger partial charge in [0.2, 0.25) is 15.9 Å². The Morgan fingerprint density at radius 3 is 2.19 bits per heavy atom. The van der Waals surface area contributed by atoms with Crippen LogP contribution in [0.15, 0.2) is 11.0 Å². The lowest BCUT2D eigenvalue weighted by Gasteiger charge is -2.08. The molecule has 16 heavy (non-hydrogen) atoms. The highest BCUT2D eigenvalue weighted by Gasteiger charge is 2.25. The molecule has 0 radical (unpaired) electrons. The van der Waals surface area contributed by atoms with Crippen LogP contribution in [0.3, 0.4) is 0 Å². The summed E-state index contributed by atoms with van der Waals surface area (Å²) < 4.78 is 35.4. The Morgan fingerprint density at radius 2 is 1.81 bits per heavy atom. The average Bonchev–Trinajstić information content (AvgIpc) is 2.08. The number of sulfonamides is 1. The van der Waals surface area contributed by atoms with Gasteiger partial charge in [-0.05, 0) is 6.07 Å². The first kappa shape index (κ1) is 13.2. The second kappa shape index (κ2) is 4.17. The molecule has 5 nitrogen and oxygen atoms in total. The van der Waals surface area contributed by atoms with Crippen LogP contribution in [0.2, 0.25) is 10.0 Å². The van der Waals surface area contributed by atoms with Gasteiger partial charge in [-0.25, -0.2) is 17.9 Å². The topological polar surface area (TPSA) is 103 Å². The number of carbonyl (C=O) groups excluding carboxylic acids is 1. The number of nitrogens with two attached hydrogens (primary N) is 2. The van der Waals surface area contributed by atoms with Crippen LogP contribution in [0.1, 0.15) is 10.4 Å². The van der Waals surface area contributed by atoms with Crippen molar-refractivity contribution in [2.24, 2.45) is 10.9 Å². The summed E-state index contributed by atoms with van der Waals surface area (Å²) in [7, 11) is -4.35. The molecule has 4 N–H and O–H groups in total. The van der Waals surface area contributed by atoms with E-state index in [2.05, 4.69) is 0 Å². The highest BCUT2D eigenvalue weighted by atomic mass is 35.5. The first-order valence-corrected chi connectivity index (χ1v) is 5.96. The molecule has 0 heterocycles. The maximum Gasteiger partial charge on any atom is 0.250 e. The molecule has 1 amide bonds. The van der Waals surface area contributed by atoms with Gasteiger partial charge in [-0.3, -0.25) is 4.79 Å². The van der Waals surface area contributed by atoms with Gasteiger partial charge in [-0.1, -0.05) is 23.2 Å². The number of hydrogen-bond acceptors (Lipinski definition) is 3. The van der Waals surface area contributed by atoms with Gasteiger partial charge in [0.15, 0.2) is 0 Å². The fourth-order valence-corrected chi connectivity index (χ4v) is 2.80. The summed E-state index contributed by atoms with van der Waals surface area (Å²) in [6.45, 7) is 0. The van der Waals surface area contributed by atoms with Crippen molar-refractivity contribution in [1.82, 2.24) is 0 Å². The number of halogens is 3. The van der Waals surface area contributed by atoms with Gasteiger partial charge in [0.05, 0.1) is 15.6 Å². The number of rotatable bonds is 2. The summed E-state index contributed by atoms with van der Waals surface area (Å²) >= 11 is 10.9. The molecule has 0 aliphatic carbocycles. The fraction of sp³-hybridized carbons (Fsp3) is 0. The van der Waals surface area contributed by atoms with E-state index < -0.39 is 42.3 Å². The van der Waals surface area contributed by atoms with E-state index in [0.29, 0.717) is 6.07 Å². The van der Waals surface area contributed by atoms with Crippen LogP contribution in [0, 0.1) is 5.82 Å². The molecular weight excluding hydrogens is 282 g/mol. The predicted octanol–water partition coefficient (Wildman–Crippen LogP) is 0.879. The van der Waals surface area contributed by atoms with E-state index in [0.717, 1.165) is 0 Å². The predicted molar refractivity (Wildman–Crippen MR) is 56.3 cm³/mol. The van der Waals surface area contributed by atoms with Crippen LogP contribution in [-0.4, -0.2) is 14.3 Å². The Bertz CT molecular complexity index is 573. The fourth-order valence-electron chi connectivity index (χ4n) is 1.01. The lowest BCUT2D eigenvalue weighted by Crippen LogP contribution is -2.18. The van der Waals surface area contributed by atoms with E-state index in [-0.39, 0.29) is 0 Å². The molecule has 0 bridgehead atoms. The zero-order valence-electron chi connectivity index (χ0n) is 7.50. The number of amides is 1. The maximum atomic E-state index is 13.2. The average molecular weight is 287 g/mol. The molecule has 1 rings (SSSR count). The smallest absolute Gasteiger partial charge is 0.250 e. The quantitative estimate of drug-likeness (QED) is 0.789. The zero-order valence-corrected chi connectivity index (χ0v) is 9.83. The van der Waals surface area contributed by atoms with E-state index in [9.17, 15) is 17.6 Å². The Labute approximate surface area is 100 Å². The monoisotopic (exact) mass is 286 g/mol. The molecule has 0 saturated heterocycles. The Morgan fingerprint density at radius 1 is 1.31 bits per heavy atom. The Kier molecular flexibility index (Phi) is 3.44. The Hall–Kier alpha value is -0.890. The number of carbonyl (C=O) groups is 1. The van der Waals surface area contributed by atoms with Gasteiger partial charge in [-0.2, -0.15) is 0 Å². The van der Waals surface area contributed by atoms with Gasteiger partial charge in [0, 0.05) is 0 Å². The van der Waals surface area contributed by atoms with Crippen molar-refractivity contribution in [3.05, 3.63) is 27.5 Å². The molecule has 88 valence electrons. The third-order valence-electron chi connectivity index (χ3n) is 1.67. The number of primary sulfonamides is 1. The van der Waals surface area contributed by atoms with Gasteiger partial charge >= 0.3 is 0 Å². The molecule has 0 unspecified atom stereocenters. The molecule has 0 spiro atoms. The molecule has 0 aromatic heterocycles. The summed E-state index contributed by atoms with van der Waals surface area (Å²) in [5.74, 6) is -2.24. The number of primary amides is 1. The van der Waals surface area contributed by atoms with Crippen molar-refractivity contribution >= 4 is 39.1 Å². The van der Waals surface area contributed by atoms with E-state index in [1.165, 1.54) is 0 Å². The molecule has 0 fully saturated rings. The van der Waals surface area contributed by atoms with Crippen molar-refractivity contribution in [3.63, 3.8) is 0 Å². The number of hydrogen-bond donors (Lipinski definition) is 2. The SMILES string of the molecule is NC(=O)c1cc(F)c(Cl)c(S(N)(=O)=O)c1Cl. The minimum atomic E-state index is -4.35. The van der Waals surface area contributed by atoms with E-state index in [4.69, 9.17) is 34.1 Å².